The summed E-state index contributed by atoms with van der Waals surface area (Å²) in [6.45, 7) is 1.18. The van der Waals surface area contributed by atoms with Crippen LogP contribution in [0, 0.1) is 5.92 Å². The summed E-state index contributed by atoms with van der Waals surface area (Å²) in [7, 11) is 0. The van der Waals surface area contributed by atoms with E-state index in [2.05, 4.69) is 4.98 Å². The van der Waals surface area contributed by atoms with E-state index >= 15 is 0 Å². The van der Waals surface area contributed by atoms with Crippen LogP contribution in [0.15, 0.2) is 18.5 Å². The standard InChI is InChI=1S/C14H18N2O4/c17-8-9-3-12-13(4-9)20-2-1-16(12)14(19)10-5-11(18)7-15-6-10/h5-7,9,12-13,17-18H,1-4,8H2/t9-,12+,13+/m1/s1. The van der Waals surface area contributed by atoms with Crippen molar-refractivity contribution in [1.29, 1.82) is 0 Å². The highest BCUT2D eigenvalue weighted by Crippen LogP contribution is 2.34. The molecule has 1 aromatic rings. The fourth-order valence-corrected chi connectivity index (χ4v) is 3.16. The molecule has 1 amide bonds. The minimum Gasteiger partial charge on any atom is -0.506 e. The lowest BCUT2D eigenvalue weighted by Crippen LogP contribution is -2.51. The molecule has 2 fully saturated rings. The quantitative estimate of drug-likeness (QED) is 0.818. The number of ether oxygens (including phenoxy) is 1. The van der Waals surface area contributed by atoms with Gasteiger partial charge in [0.05, 0.1) is 30.5 Å². The summed E-state index contributed by atoms with van der Waals surface area (Å²) in [5, 5.41) is 18.7. The Morgan fingerprint density at radius 2 is 2.30 bits per heavy atom. The number of nitrogens with zero attached hydrogens (tertiary/aromatic N) is 2. The van der Waals surface area contributed by atoms with Crippen LogP contribution in [0.2, 0.25) is 0 Å². The number of morpholine rings is 1. The van der Waals surface area contributed by atoms with Gasteiger partial charge in [0.1, 0.15) is 5.75 Å². The number of hydrogen-bond donors (Lipinski definition) is 2. The van der Waals surface area contributed by atoms with Crippen LogP contribution >= 0.6 is 0 Å². The summed E-state index contributed by atoms with van der Waals surface area (Å²) in [6, 6.07) is 1.44. The Hall–Kier alpha value is -1.66. The number of aromatic hydroxyl groups is 1. The molecule has 20 heavy (non-hydrogen) atoms. The lowest BCUT2D eigenvalue weighted by atomic mass is 10.1. The highest BCUT2D eigenvalue weighted by molar-refractivity contribution is 5.94. The molecule has 1 aliphatic carbocycles. The second kappa shape index (κ2) is 5.38. The summed E-state index contributed by atoms with van der Waals surface area (Å²) >= 11 is 0. The van der Waals surface area contributed by atoms with Gasteiger partial charge in [-0.05, 0) is 24.8 Å². The molecule has 3 rings (SSSR count). The van der Waals surface area contributed by atoms with Crippen molar-refractivity contribution in [2.75, 3.05) is 19.8 Å². The van der Waals surface area contributed by atoms with Gasteiger partial charge in [-0.3, -0.25) is 9.78 Å². The number of rotatable bonds is 2. The highest BCUT2D eigenvalue weighted by Gasteiger charge is 2.42. The molecule has 0 spiro atoms. The number of amides is 1. The van der Waals surface area contributed by atoms with Gasteiger partial charge < -0.3 is 19.8 Å². The van der Waals surface area contributed by atoms with Gasteiger partial charge in [-0.1, -0.05) is 0 Å². The van der Waals surface area contributed by atoms with E-state index in [0.717, 1.165) is 12.8 Å². The number of pyridine rings is 1. The topological polar surface area (TPSA) is 82.9 Å². The van der Waals surface area contributed by atoms with E-state index in [0.29, 0.717) is 18.7 Å². The number of aliphatic hydroxyl groups excluding tert-OH is 1. The molecule has 1 saturated carbocycles. The van der Waals surface area contributed by atoms with Crippen molar-refractivity contribution in [2.24, 2.45) is 5.92 Å². The van der Waals surface area contributed by atoms with Crippen LogP contribution in [0.4, 0.5) is 0 Å². The molecule has 2 aliphatic rings. The van der Waals surface area contributed by atoms with Gasteiger partial charge in [-0.15, -0.1) is 0 Å². The second-order valence-electron chi connectivity index (χ2n) is 5.43. The third-order valence-electron chi connectivity index (χ3n) is 4.12. The van der Waals surface area contributed by atoms with E-state index in [4.69, 9.17) is 4.74 Å². The van der Waals surface area contributed by atoms with E-state index < -0.39 is 0 Å². The number of aliphatic hydroxyl groups is 1. The molecule has 6 heteroatoms. The highest BCUT2D eigenvalue weighted by atomic mass is 16.5. The largest absolute Gasteiger partial charge is 0.506 e. The Morgan fingerprint density at radius 1 is 1.45 bits per heavy atom. The van der Waals surface area contributed by atoms with Gasteiger partial charge in [0.25, 0.3) is 5.91 Å². The van der Waals surface area contributed by atoms with E-state index in [1.807, 2.05) is 0 Å². The number of hydrogen-bond acceptors (Lipinski definition) is 5. The first-order valence-electron chi connectivity index (χ1n) is 6.86. The monoisotopic (exact) mass is 278 g/mol. The maximum absolute atomic E-state index is 12.5. The van der Waals surface area contributed by atoms with Gasteiger partial charge in [0.15, 0.2) is 0 Å². The molecule has 0 aromatic carbocycles. The zero-order chi connectivity index (χ0) is 14.1. The lowest BCUT2D eigenvalue weighted by Gasteiger charge is -2.37. The maximum Gasteiger partial charge on any atom is 0.255 e. The van der Waals surface area contributed by atoms with E-state index in [9.17, 15) is 15.0 Å². The van der Waals surface area contributed by atoms with Crippen LogP contribution in [-0.2, 0) is 4.74 Å². The van der Waals surface area contributed by atoms with Crippen LogP contribution < -0.4 is 0 Å². The van der Waals surface area contributed by atoms with E-state index in [1.165, 1.54) is 18.5 Å². The average molecular weight is 278 g/mol. The summed E-state index contributed by atoms with van der Waals surface area (Å²) in [6.07, 6.45) is 4.33. The lowest BCUT2D eigenvalue weighted by molar-refractivity contribution is -0.0449. The first-order valence-corrected chi connectivity index (χ1v) is 6.86. The van der Waals surface area contributed by atoms with Gasteiger partial charge in [-0.2, -0.15) is 0 Å². The van der Waals surface area contributed by atoms with Gasteiger partial charge >= 0.3 is 0 Å². The number of fused-ring (bicyclic) bond motifs is 1. The van der Waals surface area contributed by atoms with Crippen molar-refractivity contribution < 1.29 is 19.7 Å². The van der Waals surface area contributed by atoms with Gasteiger partial charge in [0.2, 0.25) is 0 Å². The Balaban J connectivity index is 1.80. The number of aromatic nitrogens is 1. The molecular formula is C14H18N2O4. The third-order valence-corrected chi connectivity index (χ3v) is 4.12. The third kappa shape index (κ3) is 2.36. The Bertz CT molecular complexity index is 508. The van der Waals surface area contributed by atoms with Crippen LogP contribution in [0.25, 0.3) is 0 Å². The molecule has 2 N–H and O–H groups in total. The summed E-state index contributed by atoms with van der Waals surface area (Å²) < 4.78 is 5.70. The predicted molar refractivity (Wildman–Crippen MR) is 70.3 cm³/mol. The maximum atomic E-state index is 12.5. The Kier molecular flexibility index (Phi) is 3.58. The first-order chi connectivity index (χ1) is 9.69. The summed E-state index contributed by atoms with van der Waals surface area (Å²) in [5.74, 6) is 0.0475. The van der Waals surface area contributed by atoms with Crippen molar-refractivity contribution in [2.45, 2.75) is 25.0 Å². The van der Waals surface area contributed by atoms with Crippen LogP contribution in [0.1, 0.15) is 23.2 Å². The van der Waals surface area contributed by atoms with E-state index in [-0.39, 0.29) is 36.3 Å². The zero-order valence-corrected chi connectivity index (χ0v) is 11.1. The molecule has 1 aromatic heterocycles. The normalized spacial score (nSPS) is 29.2. The van der Waals surface area contributed by atoms with Gasteiger partial charge in [0, 0.05) is 19.3 Å². The van der Waals surface area contributed by atoms with Crippen molar-refractivity contribution in [3.63, 3.8) is 0 Å². The molecule has 1 saturated heterocycles. The molecule has 0 bridgehead atoms. The molecule has 6 nitrogen and oxygen atoms in total. The molecule has 2 heterocycles. The molecule has 1 aliphatic heterocycles. The Morgan fingerprint density at radius 3 is 3.05 bits per heavy atom. The minimum atomic E-state index is -0.134. The van der Waals surface area contributed by atoms with Crippen LogP contribution in [0.5, 0.6) is 5.75 Å². The smallest absolute Gasteiger partial charge is 0.255 e. The zero-order valence-electron chi connectivity index (χ0n) is 11.1. The fraction of sp³-hybridized carbons (Fsp3) is 0.571. The van der Waals surface area contributed by atoms with Gasteiger partial charge in [-0.25, -0.2) is 0 Å². The summed E-state index contributed by atoms with van der Waals surface area (Å²) in [5.41, 5.74) is 0.387. The molecule has 108 valence electrons. The predicted octanol–water partition coefficient (Wildman–Crippen LogP) is 0.399. The molecular weight excluding hydrogens is 260 g/mol. The number of carbonyl (C=O) groups is 1. The van der Waals surface area contributed by atoms with E-state index in [1.54, 1.807) is 4.90 Å². The number of carbonyl (C=O) groups excluding carboxylic acids is 1. The SMILES string of the molecule is O=C(c1cncc(O)c1)N1CCO[C@H]2C[C@H](CO)C[C@@H]21. The molecule has 0 radical (unpaired) electrons. The second-order valence-corrected chi connectivity index (χ2v) is 5.43. The van der Waals surface area contributed by atoms with Crippen molar-refractivity contribution in [3.8, 4) is 5.75 Å². The fourth-order valence-electron chi connectivity index (χ4n) is 3.16. The van der Waals surface area contributed by atoms with Crippen molar-refractivity contribution in [3.05, 3.63) is 24.0 Å². The molecule has 3 atom stereocenters. The average Bonchev–Trinajstić information content (AvgIpc) is 2.89. The summed E-state index contributed by atoms with van der Waals surface area (Å²) in [4.78, 5) is 18.2. The van der Waals surface area contributed by atoms with Crippen LogP contribution in [0.3, 0.4) is 0 Å². The van der Waals surface area contributed by atoms with Crippen molar-refractivity contribution >= 4 is 5.91 Å². The first kappa shape index (κ1) is 13.3. The Labute approximate surface area is 117 Å². The minimum absolute atomic E-state index is 0.00937. The van der Waals surface area contributed by atoms with Crippen molar-refractivity contribution in [1.82, 2.24) is 9.88 Å². The van der Waals surface area contributed by atoms with Crippen LogP contribution in [-0.4, -0.2) is 57.9 Å². The molecule has 0 unspecified atom stereocenters.